The van der Waals surface area contributed by atoms with Crippen molar-refractivity contribution in [1.82, 2.24) is 5.43 Å². The Hall–Kier alpha value is -2.27. The van der Waals surface area contributed by atoms with E-state index in [9.17, 15) is 4.79 Å². The van der Waals surface area contributed by atoms with Crippen LogP contribution in [0.15, 0.2) is 46.1 Å². The maximum Gasteiger partial charge on any atom is 0.307 e. The maximum atomic E-state index is 11.7. The van der Waals surface area contributed by atoms with E-state index >= 15 is 0 Å². The second kappa shape index (κ2) is 6.25. The standard InChI is InChI=1S/C14H13ClN2O3/c1-9(11-8-10(15)5-6-12(11)19-2)16-17-14(18)13-4-3-7-20-13/h3-8H,1-2H3,(H,17,18)/b16-9-. The number of nitrogens with zero attached hydrogens (tertiary/aromatic N) is 1. The molecule has 2 rings (SSSR count). The lowest BCUT2D eigenvalue weighted by Gasteiger charge is -2.08. The number of benzene rings is 1. The zero-order valence-electron chi connectivity index (χ0n) is 11.0. The van der Waals surface area contributed by atoms with E-state index in [-0.39, 0.29) is 5.76 Å². The van der Waals surface area contributed by atoms with Crippen molar-refractivity contribution in [3.63, 3.8) is 0 Å². The van der Waals surface area contributed by atoms with Crippen molar-refractivity contribution < 1.29 is 13.9 Å². The Morgan fingerprint density at radius 3 is 2.85 bits per heavy atom. The second-order valence-corrected chi connectivity index (χ2v) is 4.40. The molecule has 1 N–H and O–H groups in total. The van der Waals surface area contributed by atoms with Crippen molar-refractivity contribution in [3.8, 4) is 5.75 Å². The third kappa shape index (κ3) is 3.19. The molecule has 0 fully saturated rings. The predicted molar refractivity (Wildman–Crippen MR) is 76.4 cm³/mol. The zero-order chi connectivity index (χ0) is 14.5. The second-order valence-electron chi connectivity index (χ2n) is 3.96. The molecule has 104 valence electrons. The van der Waals surface area contributed by atoms with Gasteiger partial charge >= 0.3 is 5.91 Å². The van der Waals surface area contributed by atoms with Crippen LogP contribution in [0, 0.1) is 0 Å². The molecule has 0 aliphatic rings. The maximum absolute atomic E-state index is 11.7. The Kier molecular flexibility index (Phi) is 4.42. The van der Waals surface area contributed by atoms with Crippen molar-refractivity contribution >= 4 is 23.2 Å². The van der Waals surface area contributed by atoms with Crippen molar-refractivity contribution in [2.45, 2.75) is 6.92 Å². The normalized spacial score (nSPS) is 11.2. The average Bonchev–Trinajstić information content (AvgIpc) is 2.98. The number of carbonyl (C=O) groups excluding carboxylic acids is 1. The molecule has 1 aromatic heterocycles. The van der Waals surface area contributed by atoms with Gasteiger partial charge in [-0.25, -0.2) is 5.43 Å². The van der Waals surface area contributed by atoms with Gasteiger partial charge in [-0.1, -0.05) is 11.6 Å². The number of hydrazone groups is 1. The molecule has 0 aliphatic heterocycles. The van der Waals surface area contributed by atoms with Gasteiger partial charge < -0.3 is 9.15 Å². The summed E-state index contributed by atoms with van der Waals surface area (Å²) in [4.78, 5) is 11.7. The van der Waals surface area contributed by atoms with E-state index in [0.29, 0.717) is 22.0 Å². The fourth-order valence-electron chi connectivity index (χ4n) is 1.62. The molecule has 0 aliphatic carbocycles. The van der Waals surface area contributed by atoms with Gasteiger partial charge in [0.2, 0.25) is 0 Å². The number of hydrogen-bond acceptors (Lipinski definition) is 4. The molecule has 20 heavy (non-hydrogen) atoms. The number of carbonyl (C=O) groups is 1. The Morgan fingerprint density at radius 2 is 2.20 bits per heavy atom. The van der Waals surface area contributed by atoms with Crippen LogP contribution < -0.4 is 10.2 Å². The number of furan rings is 1. The number of hydrogen-bond donors (Lipinski definition) is 1. The Bertz CT molecular complexity index is 636. The van der Waals surface area contributed by atoms with Crippen LogP contribution in [0.1, 0.15) is 23.0 Å². The lowest BCUT2D eigenvalue weighted by Crippen LogP contribution is -2.18. The van der Waals surface area contributed by atoms with Crippen molar-refractivity contribution in [3.05, 3.63) is 52.9 Å². The van der Waals surface area contributed by atoms with Gasteiger partial charge in [0.25, 0.3) is 0 Å². The molecule has 2 aromatic rings. The summed E-state index contributed by atoms with van der Waals surface area (Å²) in [6.45, 7) is 1.75. The minimum Gasteiger partial charge on any atom is -0.496 e. The fourth-order valence-corrected chi connectivity index (χ4v) is 1.79. The predicted octanol–water partition coefficient (Wildman–Crippen LogP) is 3.10. The van der Waals surface area contributed by atoms with Crippen molar-refractivity contribution in [1.29, 1.82) is 0 Å². The third-order valence-electron chi connectivity index (χ3n) is 2.62. The first kappa shape index (κ1) is 14.1. The molecule has 0 spiro atoms. The highest BCUT2D eigenvalue weighted by molar-refractivity contribution is 6.31. The van der Waals surface area contributed by atoms with Gasteiger partial charge in [0, 0.05) is 10.6 Å². The van der Waals surface area contributed by atoms with Gasteiger partial charge in [0.05, 0.1) is 19.1 Å². The van der Waals surface area contributed by atoms with Crippen LogP contribution in [-0.2, 0) is 0 Å². The first-order chi connectivity index (χ1) is 9.61. The Morgan fingerprint density at radius 1 is 1.40 bits per heavy atom. The van der Waals surface area contributed by atoms with E-state index in [1.165, 1.54) is 6.26 Å². The number of halogens is 1. The third-order valence-corrected chi connectivity index (χ3v) is 2.86. The van der Waals surface area contributed by atoms with E-state index in [0.717, 1.165) is 0 Å². The summed E-state index contributed by atoms with van der Waals surface area (Å²) in [6, 6.07) is 8.37. The SMILES string of the molecule is COc1ccc(Cl)cc1/C(C)=N\NC(=O)c1ccco1. The van der Waals surface area contributed by atoms with Crippen LogP contribution >= 0.6 is 11.6 Å². The molecule has 1 amide bonds. The Labute approximate surface area is 121 Å². The van der Waals surface area contributed by atoms with Gasteiger partial charge in [0.1, 0.15) is 5.75 Å². The van der Waals surface area contributed by atoms with Crippen LogP contribution in [0.2, 0.25) is 5.02 Å². The zero-order valence-corrected chi connectivity index (χ0v) is 11.8. The minimum absolute atomic E-state index is 0.194. The van der Waals surface area contributed by atoms with Crippen LogP contribution in [-0.4, -0.2) is 18.7 Å². The largest absolute Gasteiger partial charge is 0.496 e. The van der Waals surface area contributed by atoms with E-state index in [1.54, 1.807) is 44.4 Å². The quantitative estimate of drug-likeness (QED) is 0.695. The van der Waals surface area contributed by atoms with Gasteiger partial charge in [-0.3, -0.25) is 4.79 Å². The number of amides is 1. The molecule has 0 saturated heterocycles. The number of ether oxygens (including phenoxy) is 1. The highest BCUT2D eigenvalue weighted by Gasteiger charge is 2.10. The number of methoxy groups -OCH3 is 1. The van der Waals surface area contributed by atoms with Crippen molar-refractivity contribution in [2.75, 3.05) is 7.11 Å². The summed E-state index contributed by atoms with van der Waals surface area (Å²) in [5.74, 6) is 0.401. The number of nitrogens with one attached hydrogen (secondary N) is 1. The van der Waals surface area contributed by atoms with Gasteiger partial charge in [0.15, 0.2) is 5.76 Å². The molecule has 1 heterocycles. The van der Waals surface area contributed by atoms with Crippen molar-refractivity contribution in [2.24, 2.45) is 5.10 Å². The van der Waals surface area contributed by atoms with Crippen LogP contribution in [0.4, 0.5) is 0 Å². The van der Waals surface area contributed by atoms with E-state index in [1.807, 2.05) is 0 Å². The summed E-state index contributed by atoms with van der Waals surface area (Å²) >= 11 is 5.95. The first-order valence-corrected chi connectivity index (χ1v) is 6.21. The Balaban J connectivity index is 2.18. The van der Waals surface area contributed by atoms with Crippen LogP contribution in [0.5, 0.6) is 5.75 Å². The summed E-state index contributed by atoms with van der Waals surface area (Å²) in [5.41, 5.74) is 3.69. The summed E-state index contributed by atoms with van der Waals surface area (Å²) in [5, 5.41) is 4.58. The smallest absolute Gasteiger partial charge is 0.307 e. The van der Waals surface area contributed by atoms with Crippen LogP contribution in [0.3, 0.4) is 0 Å². The summed E-state index contributed by atoms with van der Waals surface area (Å²) < 4.78 is 10.2. The molecule has 1 aromatic carbocycles. The molecule has 0 bridgehead atoms. The average molecular weight is 293 g/mol. The monoisotopic (exact) mass is 292 g/mol. The molecular weight excluding hydrogens is 280 g/mol. The highest BCUT2D eigenvalue weighted by atomic mass is 35.5. The summed E-state index contributed by atoms with van der Waals surface area (Å²) in [6.07, 6.45) is 1.42. The summed E-state index contributed by atoms with van der Waals surface area (Å²) in [7, 11) is 1.56. The van der Waals surface area contributed by atoms with E-state index in [4.69, 9.17) is 20.8 Å². The topological polar surface area (TPSA) is 63.8 Å². The highest BCUT2D eigenvalue weighted by Crippen LogP contribution is 2.23. The lowest BCUT2D eigenvalue weighted by atomic mass is 10.1. The minimum atomic E-state index is -0.421. The lowest BCUT2D eigenvalue weighted by molar-refractivity contribution is 0.0927. The molecule has 0 radical (unpaired) electrons. The van der Waals surface area contributed by atoms with E-state index < -0.39 is 5.91 Å². The number of rotatable bonds is 4. The molecule has 5 nitrogen and oxygen atoms in total. The van der Waals surface area contributed by atoms with Crippen LogP contribution in [0.25, 0.3) is 0 Å². The molecule has 6 heteroatoms. The van der Waals surface area contributed by atoms with Gasteiger partial charge in [-0.2, -0.15) is 5.10 Å². The van der Waals surface area contributed by atoms with Gasteiger partial charge in [-0.05, 0) is 37.3 Å². The molecular formula is C14H13ClN2O3. The van der Waals surface area contributed by atoms with Gasteiger partial charge in [-0.15, -0.1) is 0 Å². The van der Waals surface area contributed by atoms with E-state index in [2.05, 4.69) is 10.5 Å². The molecule has 0 saturated carbocycles. The fraction of sp³-hybridized carbons (Fsp3) is 0.143. The first-order valence-electron chi connectivity index (χ1n) is 5.84. The molecule has 0 unspecified atom stereocenters. The molecule has 0 atom stereocenters.